The zero-order chi connectivity index (χ0) is 10.2. The molecule has 1 rings (SSSR count). The van der Waals surface area contributed by atoms with Gasteiger partial charge in [-0.3, -0.25) is 0 Å². The Bertz CT molecular complexity index is 279. The molecule has 1 N–H and O–H groups in total. The summed E-state index contributed by atoms with van der Waals surface area (Å²) in [5.74, 6) is 0.565. The number of anilines is 1. The summed E-state index contributed by atoms with van der Waals surface area (Å²) in [7, 11) is 0. The van der Waals surface area contributed by atoms with E-state index in [-0.39, 0.29) is 29.6 Å². The number of pyridine rings is 1. The zero-order valence-electron chi connectivity index (χ0n) is 9.06. The molecule has 0 unspecified atom stereocenters. The van der Waals surface area contributed by atoms with Gasteiger partial charge in [0.25, 0.3) is 0 Å². The molecular weight excluding hydrogens is 205 g/mol. The van der Waals surface area contributed by atoms with Gasteiger partial charge in [-0.2, -0.15) is 0 Å². The van der Waals surface area contributed by atoms with Gasteiger partial charge in [0, 0.05) is 6.07 Å². The maximum absolute atomic E-state index is 9.85. The van der Waals surface area contributed by atoms with Crippen LogP contribution in [-0.4, -0.2) is 11.6 Å². The van der Waals surface area contributed by atoms with Gasteiger partial charge >= 0.3 is 29.6 Å². The second kappa shape index (κ2) is 8.64. The van der Waals surface area contributed by atoms with Crippen molar-refractivity contribution in [1.29, 1.82) is 0 Å². The Morgan fingerprint density at radius 1 is 1.53 bits per heavy atom. The van der Waals surface area contributed by atoms with E-state index < -0.39 is 0 Å². The topological polar surface area (TPSA) is 63.6 Å². The minimum absolute atomic E-state index is 0. The van der Waals surface area contributed by atoms with Gasteiger partial charge in [-0.1, -0.05) is 13.3 Å². The molecule has 0 fully saturated rings. The van der Waals surface area contributed by atoms with Crippen LogP contribution in [-0.2, 0) is 0 Å². The molecule has 15 heavy (non-hydrogen) atoms. The first-order valence-electron chi connectivity index (χ1n) is 4.54. The van der Waals surface area contributed by atoms with E-state index in [1.165, 1.54) is 6.20 Å². The van der Waals surface area contributed by atoms with Gasteiger partial charge in [0.1, 0.15) is 0 Å². The molecule has 0 aromatic carbocycles. The van der Waals surface area contributed by atoms with Crippen LogP contribution >= 0.6 is 0 Å². The standard InChI is InChI=1S/C9H13N3O2.Na/c1-2-3-6-14-9-5-4-8(7-10-9)11-12-13;/h4-5,7H,2-3,6H2,1H3,(H,11,13);/q;+1. The van der Waals surface area contributed by atoms with Crippen LogP contribution < -0.4 is 39.7 Å². The molecule has 1 aromatic rings. The molecule has 0 saturated carbocycles. The smallest absolute Gasteiger partial charge is 0.478 e. The minimum Gasteiger partial charge on any atom is -0.478 e. The van der Waals surface area contributed by atoms with E-state index in [0.717, 1.165) is 12.8 Å². The Morgan fingerprint density at radius 3 is 2.87 bits per heavy atom. The Balaban J connectivity index is 0.00000196. The number of aromatic nitrogens is 1. The fourth-order valence-electron chi connectivity index (χ4n) is 0.906. The summed E-state index contributed by atoms with van der Waals surface area (Å²) in [5, 5.41) is 2.53. The van der Waals surface area contributed by atoms with Gasteiger partial charge in [0.2, 0.25) is 5.88 Å². The summed E-state index contributed by atoms with van der Waals surface area (Å²) in [6.45, 7) is 2.77. The molecule has 5 nitrogen and oxygen atoms in total. The van der Waals surface area contributed by atoms with Crippen LogP contribution in [0.2, 0.25) is 0 Å². The molecule has 0 amide bonds. The van der Waals surface area contributed by atoms with E-state index in [1.807, 2.05) is 0 Å². The van der Waals surface area contributed by atoms with E-state index in [2.05, 4.69) is 22.6 Å². The number of hydrogen-bond acceptors (Lipinski definition) is 4. The summed E-state index contributed by atoms with van der Waals surface area (Å²) in [5.41, 5.74) is 2.81. The van der Waals surface area contributed by atoms with Gasteiger partial charge in [0.15, 0.2) is 0 Å². The molecule has 76 valence electrons. The van der Waals surface area contributed by atoms with Crippen LogP contribution in [0.5, 0.6) is 5.88 Å². The quantitative estimate of drug-likeness (QED) is 0.298. The van der Waals surface area contributed by atoms with E-state index >= 15 is 0 Å². The molecular formula is C9H13N3NaO2+. The minimum atomic E-state index is 0. The first-order chi connectivity index (χ1) is 6.86. The molecule has 0 saturated heterocycles. The van der Waals surface area contributed by atoms with E-state index in [0.29, 0.717) is 18.2 Å². The van der Waals surface area contributed by atoms with Crippen LogP contribution in [0.25, 0.3) is 0 Å². The summed E-state index contributed by atoms with van der Waals surface area (Å²) >= 11 is 0. The molecule has 1 heterocycles. The van der Waals surface area contributed by atoms with Crippen molar-refractivity contribution in [3.8, 4) is 5.88 Å². The van der Waals surface area contributed by atoms with Crippen molar-refractivity contribution in [3.63, 3.8) is 0 Å². The number of nitroso groups, excluding NO2 is 1. The molecule has 0 radical (unpaired) electrons. The maximum atomic E-state index is 9.85. The van der Waals surface area contributed by atoms with Crippen molar-refractivity contribution in [2.75, 3.05) is 12.0 Å². The Morgan fingerprint density at radius 2 is 2.33 bits per heavy atom. The number of ether oxygens (including phenoxy) is 1. The first kappa shape index (κ1) is 14.3. The molecule has 1 aromatic heterocycles. The summed E-state index contributed by atoms with van der Waals surface area (Å²) in [6, 6.07) is 3.39. The van der Waals surface area contributed by atoms with Crippen molar-refractivity contribution < 1.29 is 34.3 Å². The third-order valence-corrected chi connectivity index (χ3v) is 1.66. The number of hydrogen-bond donors (Lipinski definition) is 1. The Labute approximate surface area is 111 Å². The molecule has 0 bridgehead atoms. The average molecular weight is 218 g/mol. The predicted molar refractivity (Wildman–Crippen MR) is 54.1 cm³/mol. The summed E-state index contributed by atoms with van der Waals surface area (Å²) in [4.78, 5) is 13.8. The summed E-state index contributed by atoms with van der Waals surface area (Å²) in [6.07, 6.45) is 3.61. The van der Waals surface area contributed by atoms with Gasteiger partial charge in [-0.15, -0.1) is 4.91 Å². The Kier molecular flexibility index (Phi) is 8.27. The number of unbranched alkanes of at least 4 members (excludes halogenated alkanes) is 1. The van der Waals surface area contributed by atoms with Crippen LogP contribution in [0.3, 0.4) is 0 Å². The third kappa shape index (κ3) is 5.71. The van der Waals surface area contributed by atoms with Gasteiger partial charge in [0.05, 0.1) is 23.8 Å². The number of rotatable bonds is 6. The van der Waals surface area contributed by atoms with Gasteiger partial charge in [-0.25, -0.2) is 10.4 Å². The molecule has 6 heteroatoms. The third-order valence-electron chi connectivity index (χ3n) is 1.66. The van der Waals surface area contributed by atoms with Crippen molar-refractivity contribution in [2.24, 2.45) is 5.29 Å². The van der Waals surface area contributed by atoms with Crippen LogP contribution in [0.15, 0.2) is 23.6 Å². The van der Waals surface area contributed by atoms with Gasteiger partial charge in [-0.05, 0) is 12.5 Å². The van der Waals surface area contributed by atoms with Crippen LogP contribution in [0.4, 0.5) is 5.69 Å². The monoisotopic (exact) mass is 218 g/mol. The second-order valence-electron chi connectivity index (χ2n) is 2.79. The number of nitrogens with zero attached hydrogens (tertiary/aromatic N) is 2. The predicted octanol–water partition coefficient (Wildman–Crippen LogP) is -0.642. The largest absolute Gasteiger partial charge is 1.00 e. The fraction of sp³-hybridized carbons (Fsp3) is 0.444. The van der Waals surface area contributed by atoms with Gasteiger partial charge < -0.3 is 4.74 Å². The molecule has 0 atom stereocenters. The van der Waals surface area contributed by atoms with Crippen LogP contribution in [0.1, 0.15) is 19.8 Å². The first-order valence-corrected chi connectivity index (χ1v) is 4.54. The Hall–Kier alpha value is -0.650. The second-order valence-corrected chi connectivity index (χ2v) is 2.79. The average Bonchev–Trinajstić information content (AvgIpc) is 2.21. The molecule has 0 aliphatic carbocycles. The molecule has 0 aliphatic heterocycles. The van der Waals surface area contributed by atoms with E-state index in [9.17, 15) is 4.91 Å². The van der Waals surface area contributed by atoms with Crippen molar-refractivity contribution in [3.05, 3.63) is 23.2 Å². The van der Waals surface area contributed by atoms with Crippen molar-refractivity contribution in [1.82, 2.24) is 4.98 Å². The molecule has 0 spiro atoms. The zero-order valence-corrected chi connectivity index (χ0v) is 11.1. The van der Waals surface area contributed by atoms with Crippen molar-refractivity contribution >= 4 is 5.69 Å². The summed E-state index contributed by atoms with van der Waals surface area (Å²) < 4.78 is 5.33. The normalized spacial score (nSPS) is 8.87. The SMILES string of the molecule is CCCCOc1ccc(NN=O)cn1.[Na+]. The number of nitrogens with one attached hydrogen (secondary N) is 1. The molecule has 0 aliphatic rings. The maximum Gasteiger partial charge on any atom is 1.00 e. The van der Waals surface area contributed by atoms with Crippen LogP contribution in [0, 0.1) is 4.91 Å². The van der Waals surface area contributed by atoms with E-state index in [1.54, 1.807) is 12.1 Å². The van der Waals surface area contributed by atoms with E-state index in [4.69, 9.17) is 4.74 Å². The fourth-order valence-corrected chi connectivity index (χ4v) is 0.906. The van der Waals surface area contributed by atoms with Crippen molar-refractivity contribution in [2.45, 2.75) is 19.8 Å².